The summed E-state index contributed by atoms with van der Waals surface area (Å²) in [5.41, 5.74) is 5.65. The minimum absolute atomic E-state index is 0.184. The van der Waals surface area contributed by atoms with Crippen molar-refractivity contribution in [2.45, 2.75) is 19.4 Å². The number of benzene rings is 2. The van der Waals surface area contributed by atoms with Crippen LogP contribution in [0.25, 0.3) is 0 Å². The van der Waals surface area contributed by atoms with E-state index >= 15 is 0 Å². The first kappa shape index (κ1) is 22.7. The van der Waals surface area contributed by atoms with Crippen molar-refractivity contribution in [2.75, 3.05) is 0 Å². The summed E-state index contributed by atoms with van der Waals surface area (Å²) in [4.78, 5) is 36.1. The molecule has 2 aromatic carbocycles. The quantitative estimate of drug-likeness (QED) is 0.444. The van der Waals surface area contributed by atoms with Crippen LogP contribution < -0.4 is 15.6 Å². The monoisotopic (exact) mass is 462 g/mol. The van der Waals surface area contributed by atoms with Crippen LogP contribution in [0.1, 0.15) is 28.8 Å². The lowest BCUT2D eigenvalue weighted by Gasteiger charge is -2.24. The van der Waals surface area contributed by atoms with Crippen molar-refractivity contribution in [1.29, 1.82) is 0 Å². The van der Waals surface area contributed by atoms with Crippen LogP contribution in [0.5, 0.6) is 5.75 Å². The van der Waals surface area contributed by atoms with Crippen LogP contribution in [0.2, 0.25) is 10.0 Å². The maximum absolute atomic E-state index is 12.4. The van der Waals surface area contributed by atoms with Gasteiger partial charge in [-0.2, -0.15) is 0 Å². The van der Waals surface area contributed by atoms with Crippen LogP contribution in [0.3, 0.4) is 0 Å². The number of halogens is 2. The first-order chi connectivity index (χ1) is 14.8. The van der Waals surface area contributed by atoms with Gasteiger partial charge < -0.3 is 9.84 Å². The Kier molecular flexibility index (Phi) is 7.55. The van der Waals surface area contributed by atoms with Crippen LogP contribution in [-0.4, -0.2) is 22.9 Å². The zero-order chi connectivity index (χ0) is 22.4. The Morgan fingerprint density at radius 3 is 2.45 bits per heavy atom. The van der Waals surface area contributed by atoms with E-state index in [2.05, 4.69) is 10.9 Å². The van der Waals surface area contributed by atoms with Gasteiger partial charge in [0.2, 0.25) is 5.91 Å². The number of ether oxygens (including phenoxy) is 1. The lowest BCUT2D eigenvalue weighted by molar-refractivity contribution is -0.147. The minimum atomic E-state index is -1.04. The molecule has 3 N–H and O–H groups in total. The van der Waals surface area contributed by atoms with Gasteiger partial charge in [-0.25, -0.2) is 0 Å². The number of allylic oxidation sites excluding steroid dienone is 2. The first-order valence-electron chi connectivity index (χ1n) is 9.50. The van der Waals surface area contributed by atoms with E-state index in [1.54, 1.807) is 48.6 Å². The van der Waals surface area contributed by atoms with Crippen molar-refractivity contribution in [3.63, 3.8) is 0 Å². The van der Waals surface area contributed by atoms with E-state index in [0.29, 0.717) is 22.2 Å². The highest BCUT2D eigenvalue weighted by Gasteiger charge is 2.34. The summed E-state index contributed by atoms with van der Waals surface area (Å²) in [5.74, 6) is -3.27. The summed E-state index contributed by atoms with van der Waals surface area (Å²) in [6.07, 6.45) is 4.08. The third-order valence-electron chi connectivity index (χ3n) is 4.89. The molecular formula is C22H20Cl2N2O5. The summed E-state index contributed by atoms with van der Waals surface area (Å²) in [6.45, 7) is 0.184. The fraction of sp³-hybridized carbons (Fsp3) is 0.227. The molecule has 2 atom stereocenters. The molecule has 0 bridgehead atoms. The van der Waals surface area contributed by atoms with Gasteiger partial charge in [0.25, 0.3) is 5.91 Å². The average Bonchev–Trinajstić information content (AvgIpc) is 2.76. The van der Waals surface area contributed by atoms with Crippen LogP contribution in [0.15, 0.2) is 54.6 Å². The van der Waals surface area contributed by atoms with E-state index in [4.69, 9.17) is 27.9 Å². The Bertz CT molecular complexity index is 1020. The maximum atomic E-state index is 12.4. The van der Waals surface area contributed by atoms with Crippen molar-refractivity contribution in [3.8, 4) is 5.75 Å². The smallest absolute Gasteiger partial charge is 0.307 e. The Morgan fingerprint density at radius 1 is 1.00 bits per heavy atom. The fourth-order valence-corrected chi connectivity index (χ4v) is 3.65. The number of aliphatic carboxylic acids is 1. The molecule has 7 nitrogen and oxygen atoms in total. The van der Waals surface area contributed by atoms with E-state index in [1.807, 2.05) is 0 Å². The molecular weight excluding hydrogens is 443 g/mol. The number of nitrogens with one attached hydrogen (secondary N) is 2. The van der Waals surface area contributed by atoms with E-state index in [-0.39, 0.29) is 18.6 Å². The number of hydrazine groups is 1. The standard InChI is InChI=1S/C22H20Cl2N2O5/c23-15-9-8-14(19(24)11-15)12-31-16-5-3-4-13(10-16)20(27)25-26-21(28)17-6-1-2-7-18(17)22(29)30/h1-5,8-11,17-18H,6-7,12H2,(H,25,27)(H,26,28)(H,29,30)/t17-,18+/m1/s1. The third-order valence-corrected chi connectivity index (χ3v) is 5.48. The molecule has 3 rings (SSSR count). The molecule has 0 spiro atoms. The van der Waals surface area contributed by atoms with Gasteiger partial charge in [-0.1, -0.05) is 47.5 Å². The molecule has 0 fully saturated rings. The zero-order valence-electron chi connectivity index (χ0n) is 16.3. The van der Waals surface area contributed by atoms with Gasteiger partial charge in [-0.3, -0.25) is 25.2 Å². The highest BCUT2D eigenvalue weighted by Crippen LogP contribution is 2.26. The van der Waals surface area contributed by atoms with Gasteiger partial charge in [0.05, 0.1) is 11.8 Å². The number of amides is 2. The number of carbonyl (C=O) groups excluding carboxylic acids is 2. The maximum Gasteiger partial charge on any atom is 0.307 e. The van der Waals surface area contributed by atoms with E-state index in [1.165, 1.54) is 6.07 Å². The number of carboxylic acids is 1. The highest BCUT2D eigenvalue weighted by molar-refractivity contribution is 6.35. The van der Waals surface area contributed by atoms with Crippen LogP contribution in [0.4, 0.5) is 0 Å². The van der Waals surface area contributed by atoms with Gasteiger partial charge in [-0.05, 0) is 43.2 Å². The summed E-state index contributed by atoms with van der Waals surface area (Å²) >= 11 is 12.0. The summed E-state index contributed by atoms with van der Waals surface area (Å²) in [6, 6.07) is 11.5. The SMILES string of the molecule is O=C(NNC(=O)[C@@H]1CC=CC[C@@H]1C(=O)O)c1cccc(OCc2ccc(Cl)cc2Cl)c1. The molecule has 2 amide bonds. The van der Waals surface area contributed by atoms with E-state index < -0.39 is 29.6 Å². The Balaban J connectivity index is 1.57. The van der Waals surface area contributed by atoms with Crippen molar-refractivity contribution in [2.24, 2.45) is 11.8 Å². The Labute approximate surface area is 189 Å². The van der Waals surface area contributed by atoms with Gasteiger partial charge in [-0.15, -0.1) is 0 Å². The number of hydrogen-bond acceptors (Lipinski definition) is 4. The predicted octanol–water partition coefficient (Wildman–Crippen LogP) is 4.00. The molecule has 0 aromatic heterocycles. The number of hydrogen-bond donors (Lipinski definition) is 3. The lowest BCUT2D eigenvalue weighted by Crippen LogP contribution is -2.47. The molecule has 0 saturated carbocycles. The molecule has 0 radical (unpaired) electrons. The third kappa shape index (κ3) is 5.99. The van der Waals surface area contributed by atoms with Gasteiger partial charge in [0.1, 0.15) is 12.4 Å². The number of rotatable bonds is 6. The molecule has 2 aromatic rings. The lowest BCUT2D eigenvalue weighted by atomic mass is 9.82. The summed E-state index contributed by atoms with van der Waals surface area (Å²) in [7, 11) is 0. The molecule has 31 heavy (non-hydrogen) atoms. The number of carboxylic acid groups (broad SMARTS) is 1. The van der Waals surface area contributed by atoms with Gasteiger partial charge in [0, 0.05) is 21.2 Å². The minimum Gasteiger partial charge on any atom is -0.489 e. The zero-order valence-corrected chi connectivity index (χ0v) is 17.8. The van der Waals surface area contributed by atoms with Gasteiger partial charge in [0.15, 0.2) is 0 Å². The van der Waals surface area contributed by atoms with E-state index in [9.17, 15) is 19.5 Å². The molecule has 1 aliphatic rings. The number of carbonyl (C=O) groups is 3. The molecule has 1 aliphatic carbocycles. The molecule has 0 saturated heterocycles. The summed E-state index contributed by atoms with van der Waals surface area (Å²) in [5, 5.41) is 10.3. The van der Waals surface area contributed by atoms with Crippen LogP contribution >= 0.6 is 23.2 Å². The fourth-order valence-electron chi connectivity index (χ4n) is 3.19. The van der Waals surface area contributed by atoms with Crippen LogP contribution in [0, 0.1) is 11.8 Å². The second kappa shape index (κ2) is 10.3. The van der Waals surface area contributed by atoms with Crippen molar-refractivity contribution in [1.82, 2.24) is 10.9 Å². The first-order valence-corrected chi connectivity index (χ1v) is 10.3. The average molecular weight is 463 g/mol. The molecule has 0 unspecified atom stereocenters. The molecule has 0 aliphatic heterocycles. The predicted molar refractivity (Wildman–Crippen MR) is 116 cm³/mol. The molecule has 0 heterocycles. The topological polar surface area (TPSA) is 105 Å². The van der Waals surface area contributed by atoms with Crippen molar-refractivity contribution >= 4 is 41.0 Å². The highest BCUT2D eigenvalue weighted by atomic mass is 35.5. The Morgan fingerprint density at radius 2 is 1.74 bits per heavy atom. The largest absolute Gasteiger partial charge is 0.489 e. The summed E-state index contributed by atoms with van der Waals surface area (Å²) < 4.78 is 5.70. The molecule has 162 valence electrons. The molecule has 9 heteroatoms. The normalized spacial score (nSPS) is 17.6. The van der Waals surface area contributed by atoms with Crippen molar-refractivity contribution in [3.05, 3.63) is 75.8 Å². The van der Waals surface area contributed by atoms with Crippen molar-refractivity contribution < 1.29 is 24.2 Å². The van der Waals surface area contributed by atoms with E-state index in [0.717, 1.165) is 5.56 Å². The second-order valence-electron chi connectivity index (χ2n) is 6.99. The van der Waals surface area contributed by atoms with Gasteiger partial charge >= 0.3 is 5.97 Å². The second-order valence-corrected chi connectivity index (χ2v) is 7.83. The van der Waals surface area contributed by atoms with Crippen LogP contribution in [-0.2, 0) is 16.2 Å². The Hall–Kier alpha value is -3.03.